The summed E-state index contributed by atoms with van der Waals surface area (Å²) in [5, 5.41) is 8.99. The van der Waals surface area contributed by atoms with Crippen LogP contribution in [0.1, 0.15) is 19.8 Å². The van der Waals surface area contributed by atoms with Crippen LogP contribution >= 0.6 is 15.9 Å². The summed E-state index contributed by atoms with van der Waals surface area (Å²) >= 11 is 3.37. The van der Waals surface area contributed by atoms with Crippen molar-refractivity contribution in [3.8, 4) is 11.1 Å². The summed E-state index contributed by atoms with van der Waals surface area (Å²) in [6, 6.07) is 5.69. The number of hydrogen-bond donors (Lipinski definition) is 3. The fraction of sp³-hybridized carbons (Fsp3) is 0.208. The van der Waals surface area contributed by atoms with E-state index in [0.29, 0.717) is 33.7 Å². The Morgan fingerprint density at radius 2 is 2.00 bits per heavy atom. The highest BCUT2D eigenvalue weighted by Gasteiger charge is 2.17. The highest BCUT2D eigenvalue weighted by Crippen LogP contribution is 2.33. The van der Waals surface area contributed by atoms with Gasteiger partial charge in [-0.15, -0.1) is 0 Å². The predicted octanol–water partition coefficient (Wildman–Crippen LogP) is 5.38. The molecule has 170 valence electrons. The molecule has 1 aliphatic carbocycles. The smallest absolute Gasteiger partial charge is 0.323 e. The van der Waals surface area contributed by atoms with Crippen LogP contribution in [0.15, 0.2) is 63.7 Å². The molecule has 0 spiro atoms. The number of rotatable bonds is 5. The van der Waals surface area contributed by atoms with E-state index in [9.17, 15) is 14.0 Å². The van der Waals surface area contributed by atoms with Crippen molar-refractivity contribution in [2.45, 2.75) is 26.3 Å². The number of benzene rings is 1. The highest BCUT2D eigenvalue weighted by atomic mass is 79.9. The third-order valence-electron chi connectivity index (χ3n) is 5.40. The lowest BCUT2D eigenvalue weighted by Crippen LogP contribution is -2.28. The van der Waals surface area contributed by atoms with Gasteiger partial charge in [-0.1, -0.05) is 28.1 Å². The molecule has 1 aromatic carbocycles. The first kappa shape index (κ1) is 22.7. The summed E-state index contributed by atoms with van der Waals surface area (Å²) in [6.07, 6.45) is 9.11. The minimum absolute atomic E-state index is 0.0303. The second-order valence-electron chi connectivity index (χ2n) is 7.52. The molecular formula is C24H23BrFN5O2. The Hall–Kier alpha value is -3.46. The molecule has 2 amide bonds. The van der Waals surface area contributed by atoms with E-state index in [1.807, 2.05) is 31.2 Å². The molecule has 7 nitrogen and oxygen atoms in total. The van der Waals surface area contributed by atoms with Crippen molar-refractivity contribution >= 4 is 44.4 Å². The first-order valence-corrected chi connectivity index (χ1v) is 11.4. The zero-order valence-electron chi connectivity index (χ0n) is 18.2. The Bertz CT molecular complexity index is 1360. The minimum atomic E-state index is -0.620. The van der Waals surface area contributed by atoms with Crippen molar-refractivity contribution < 1.29 is 9.18 Å². The average Bonchev–Trinajstić information content (AvgIpc) is 2.81. The van der Waals surface area contributed by atoms with E-state index in [0.717, 1.165) is 23.7 Å². The standard InChI is InChI=1S/C24H23BrFN5O2/c1-3-31-21-12-22(27-2)28-13-14(21)9-17(23(31)32)16-10-20(19(26)11-18(16)25)30-24(33)29-15-7-5-4-6-8-15/h5,7-13H,3-4,6H2,1-2H3,(H,27,28)(H2,29,30,33). The Kier molecular flexibility index (Phi) is 6.60. The number of halogens is 2. The van der Waals surface area contributed by atoms with Crippen molar-refractivity contribution in [3.05, 3.63) is 75.0 Å². The minimum Gasteiger partial charge on any atom is -0.373 e. The number of nitrogens with zero attached hydrogens (tertiary/aromatic N) is 2. The lowest BCUT2D eigenvalue weighted by Gasteiger charge is -2.15. The molecule has 0 saturated carbocycles. The fourth-order valence-corrected chi connectivity index (χ4v) is 4.29. The van der Waals surface area contributed by atoms with Gasteiger partial charge in [-0.3, -0.25) is 4.79 Å². The number of amides is 2. The summed E-state index contributed by atoms with van der Waals surface area (Å²) in [4.78, 5) is 30.1. The summed E-state index contributed by atoms with van der Waals surface area (Å²) in [5.41, 5.74) is 1.99. The first-order valence-electron chi connectivity index (χ1n) is 10.6. The van der Waals surface area contributed by atoms with Crippen LogP contribution in [-0.4, -0.2) is 22.6 Å². The number of urea groups is 1. The second-order valence-corrected chi connectivity index (χ2v) is 8.37. The van der Waals surface area contributed by atoms with Crippen LogP contribution in [0.3, 0.4) is 0 Å². The normalized spacial score (nSPS) is 13.0. The molecule has 0 saturated heterocycles. The van der Waals surface area contributed by atoms with Gasteiger partial charge < -0.3 is 20.5 Å². The second kappa shape index (κ2) is 9.58. The maximum Gasteiger partial charge on any atom is 0.323 e. The number of fused-ring (bicyclic) bond motifs is 1. The zero-order chi connectivity index (χ0) is 23.5. The van der Waals surface area contributed by atoms with Gasteiger partial charge >= 0.3 is 6.03 Å². The average molecular weight is 512 g/mol. The molecule has 0 aliphatic heterocycles. The molecule has 1 aliphatic rings. The number of carbonyl (C=O) groups excluding carboxylic acids is 1. The lowest BCUT2D eigenvalue weighted by atomic mass is 10.0. The van der Waals surface area contributed by atoms with E-state index >= 15 is 0 Å². The zero-order valence-corrected chi connectivity index (χ0v) is 19.8. The van der Waals surface area contributed by atoms with Crippen LogP contribution in [0.5, 0.6) is 0 Å². The van der Waals surface area contributed by atoms with Crippen molar-refractivity contribution in [2.24, 2.45) is 0 Å². The summed E-state index contributed by atoms with van der Waals surface area (Å²) in [5.74, 6) is 0.0334. The number of allylic oxidation sites excluding steroid dienone is 3. The molecule has 33 heavy (non-hydrogen) atoms. The van der Waals surface area contributed by atoms with Crippen LogP contribution in [-0.2, 0) is 6.54 Å². The third-order valence-corrected chi connectivity index (χ3v) is 6.05. The number of carbonyl (C=O) groups is 1. The highest BCUT2D eigenvalue weighted by molar-refractivity contribution is 9.10. The van der Waals surface area contributed by atoms with E-state index in [4.69, 9.17) is 0 Å². The van der Waals surface area contributed by atoms with E-state index in [2.05, 4.69) is 36.9 Å². The van der Waals surface area contributed by atoms with Crippen molar-refractivity contribution in [1.29, 1.82) is 0 Å². The largest absolute Gasteiger partial charge is 0.373 e. The van der Waals surface area contributed by atoms with Gasteiger partial charge in [-0.2, -0.15) is 0 Å². The Labute approximate surface area is 198 Å². The lowest BCUT2D eigenvalue weighted by molar-refractivity contribution is 0.254. The molecule has 0 bridgehead atoms. The van der Waals surface area contributed by atoms with Gasteiger partial charge in [-0.05, 0) is 44.0 Å². The molecule has 4 rings (SSSR count). The van der Waals surface area contributed by atoms with Gasteiger partial charge in [0.1, 0.15) is 11.6 Å². The molecule has 0 atom stereocenters. The van der Waals surface area contributed by atoms with Crippen LogP contribution in [0, 0.1) is 5.82 Å². The summed E-state index contributed by atoms with van der Waals surface area (Å²) < 4.78 is 16.7. The van der Waals surface area contributed by atoms with Gasteiger partial charge in [0.25, 0.3) is 5.56 Å². The van der Waals surface area contributed by atoms with Gasteiger partial charge in [0.05, 0.1) is 11.2 Å². The molecule has 0 fully saturated rings. The van der Waals surface area contributed by atoms with Gasteiger partial charge in [0, 0.05) is 52.5 Å². The summed E-state index contributed by atoms with van der Waals surface area (Å²) in [6.45, 7) is 2.33. The molecule has 9 heteroatoms. The third kappa shape index (κ3) is 4.68. The van der Waals surface area contributed by atoms with E-state index in [1.54, 1.807) is 23.9 Å². The number of pyridine rings is 2. The maximum atomic E-state index is 14.7. The number of anilines is 2. The van der Waals surface area contributed by atoms with Crippen molar-refractivity contribution in [1.82, 2.24) is 14.9 Å². The van der Waals surface area contributed by atoms with Crippen molar-refractivity contribution in [3.63, 3.8) is 0 Å². The SMILES string of the molecule is CCn1c(=O)c(-c2cc(NC(=O)NC3=CCCC=C3)c(F)cc2Br)cc2cnc(NC)cc21. The van der Waals surface area contributed by atoms with E-state index < -0.39 is 11.8 Å². The molecular weight excluding hydrogens is 489 g/mol. The summed E-state index contributed by atoms with van der Waals surface area (Å²) in [7, 11) is 1.76. The topological polar surface area (TPSA) is 88.1 Å². The monoisotopic (exact) mass is 511 g/mol. The van der Waals surface area contributed by atoms with E-state index in [-0.39, 0.29) is 11.2 Å². The van der Waals surface area contributed by atoms with Crippen LogP contribution < -0.4 is 21.5 Å². The first-order chi connectivity index (χ1) is 15.9. The Balaban J connectivity index is 1.75. The number of nitrogens with one attached hydrogen (secondary N) is 3. The van der Waals surface area contributed by atoms with Gasteiger partial charge in [0.2, 0.25) is 0 Å². The maximum absolute atomic E-state index is 14.7. The quantitative estimate of drug-likeness (QED) is 0.428. The van der Waals surface area contributed by atoms with Crippen LogP contribution in [0.4, 0.5) is 20.7 Å². The predicted molar refractivity (Wildman–Crippen MR) is 133 cm³/mol. The van der Waals surface area contributed by atoms with Crippen LogP contribution in [0.25, 0.3) is 22.0 Å². The number of aromatic nitrogens is 2. The number of aryl methyl sites for hydroxylation is 1. The van der Waals surface area contributed by atoms with E-state index in [1.165, 1.54) is 12.1 Å². The Morgan fingerprint density at radius 3 is 2.70 bits per heavy atom. The molecule has 0 radical (unpaired) electrons. The molecule has 2 heterocycles. The molecule has 0 unspecified atom stereocenters. The Morgan fingerprint density at radius 1 is 1.18 bits per heavy atom. The fourth-order valence-electron chi connectivity index (χ4n) is 3.76. The molecule has 3 aromatic rings. The van der Waals surface area contributed by atoms with Crippen LogP contribution in [0.2, 0.25) is 0 Å². The molecule has 2 aromatic heterocycles. The van der Waals surface area contributed by atoms with Gasteiger partial charge in [-0.25, -0.2) is 14.2 Å². The van der Waals surface area contributed by atoms with Gasteiger partial charge in [0.15, 0.2) is 0 Å². The van der Waals surface area contributed by atoms with Crippen molar-refractivity contribution in [2.75, 3.05) is 17.7 Å². The number of hydrogen-bond acceptors (Lipinski definition) is 4. The molecule has 3 N–H and O–H groups in total.